The van der Waals surface area contributed by atoms with Gasteiger partial charge >= 0.3 is 0 Å². The molecule has 0 saturated heterocycles. The number of nitrogens with zero attached hydrogens (tertiary/aromatic N) is 3. The lowest BCUT2D eigenvalue weighted by molar-refractivity contribution is -0.643. The number of aryl methyl sites for hydroxylation is 3. The molecule has 29 heavy (non-hydrogen) atoms. The van der Waals surface area contributed by atoms with Crippen molar-refractivity contribution >= 4 is 54.7 Å². The van der Waals surface area contributed by atoms with Crippen LogP contribution in [0.15, 0.2) is 48.7 Å². The van der Waals surface area contributed by atoms with Crippen LogP contribution >= 0.6 is 0 Å². The lowest BCUT2D eigenvalue weighted by Gasteiger charge is -2.14. The molecule has 138 valence electrons. The van der Waals surface area contributed by atoms with E-state index in [4.69, 9.17) is 6.57 Å². The molecule has 0 aliphatic heterocycles. The molecule has 0 radical (unpaired) electrons. The van der Waals surface area contributed by atoms with Crippen LogP contribution in [0.5, 0.6) is 0 Å². The average Bonchev–Trinajstić information content (AvgIpc) is 3.05. The third-order valence-electron chi connectivity index (χ3n) is 6.35. The van der Waals surface area contributed by atoms with Crippen LogP contribution in [-0.2, 0) is 7.05 Å². The highest BCUT2D eigenvalue weighted by Crippen LogP contribution is 2.43. The van der Waals surface area contributed by atoms with E-state index in [2.05, 4.69) is 29.3 Å². The summed E-state index contributed by atoms with van der Waals surface area (Å²) in [5.41, 5.74) is 6.54. The Bertz CT molecular complexity index is 1700. The molecule has 0 fully saturated rings. The summed E-state index contributed by atoms with van der Waals surface area (Å²) in [6, 6.07) is 13.3. The van der Waals surface area contributed by atoms with Crippen molar-refractivity contribution in [1.29, 1.82) is 0 Å². The smallest absolute Gasteiger partial charge is 0.224 e. The Morgan fingerprint density at radius 3 is 2.62 bits per heavy atom. The predicted molar refractivity (Wildman–Crippen MR) is 115 cm³/mol. The molecular formula is C25H17FN3+. The number of benzene rings is 3. The fourth-order valence-corrected chi connectivity index (χ4v) is 4.95. The molecule has 6 rings (SSSR count). The van der Waals surface area contributed by atoms with E-state index in [1.165, 1.54) is 17.2 Å². The summed E-state index contributed by atoms with van der Waals surface area (Å²) in [6.45, 7) is 11.8. The van der Waals surface area contributed by atoms with E-state index in [1.807, 2.05) is 41.9 Å². The monoisotopic (exact) mass is 378 g/mol. The first-order valence-corrected chi connectivity index (χ1v) is 9.58. The van der Waals surface area contributed by atoms with Crippen LogP contribution in [0.2, 0.25) is 0 Å². The van der Waals surface area contributed by atoms with Gasteiger partial charge in [0, 0.05) is 16.8 Å². The first-order chi connectivity index (χ1) is 14.0. The Morgan fingerprint density at radius 2 is 1.83 bits per heavy atom. The molecule has 3 aromatic heterocycles. The van der Waals surface area contributed by atoms with E-state index >= 15 is 4.39 Å². The van der Waals surface area contributed by atoms with Crippen molar-refractivity contribution in [3.05, 3.63) is 77.0 Å². The highest BCUT2D eigenvalue weighted by atomic mass is 19.1. The summed E-state index contributed by atoms with van der Waals surface area (Å²) >= 11 is 0. The lowest BCUT2D eigenvalue weighted by Crippen LogP contribution is -2.29. The van der Waals surface area contributed by atoms with Gasteiger partial charge in [0.05, 0.1) is 33.9 Å². The summed E-state index contributed by atoms with van der Waals surface area (Å²) in [4.78, 5) is 3.68. The zero-order valence-corrected chi connectivity index (χ0v) is 16.3. The maximum atomic E-state index is 15.2. The molecule has 0 spiro atoms. The van der Waals surface area contributed by atoms with Gasteiger partial charge in [0.2, 0.25) is 5.52 Å². The summed E-state index contributed by atoms with van der Waals surface area (Å²) in [5, 5.41) is 5.16. The number of hydrogen-bond donors (Lipinski definition) is 0. The number of hydrogen-bond acceptors (Lipinski definition) is 0. The standard InChI is InChI=1S/C25H17FN3/c1-13-10-18-17-6-5-7-19(26)23(17)29-20-12-16(27-3)11-15-8-9-28(4)25(22(15)20)21(14(13)2)24(18)29/h5-12H,1-2,4H3/q+1. The molecule has 3 heterocycles. The molecule has 0 unspecified atom stereocenters. The van der Waals surface area contributed by atoms with Crippen molar-refractivity contribution in [2.75, 3.05) is 0 Å². The van der Waals surface area contributed by atoms with Crippen molar-refractivity contribution in [3.63, 3.8) is 0 Å². The summed E-state index contributed by atoms with van der Waals surface area (Å²) in [5.74, 6) is -0.245. The maximum Gasteiger partial charge on any atom is 0.224 e. The normalized spacial score (nSPS) is 12.1. The summed E-state index contributed by atoms with van der Waals surface area (Å²) < 4.78 is 19.3. The predicted octanol–water partition coefficient (Wildman–Crippen LogP) is 6.12. The topological polar surface area (TPSA) is 12.7 Å². The Morgan fingerprint density at radius 1 is 1.00 bits per heavy atom. The van der Waals surface area contributed by atoms with Gasteiger partial charge in [-0.3, -0.25) is 0 Å². The minimum atomic E-state index is -0.245. The van der Waals surface area contributed by atoms with Crippen LogP contribution in [0.3, 0.4) is 0 Å². The molecule has 0 bridgehead atoms. The van der Waals surface area contributed by atoms with Crippen LogP contribution in [0.4, 0.5) is 10.1 Å². The molecule has 0 N–H and O–H groups in total. The van der Waals surface area contributed by atoms with E-state index in [-0.39, 0.29) is 5.82 Å². The Kier molecular flexibility index (Phi) is 2.92. The molecule has 0 saturated carbocycles. The molecule has 0 atom stereocenters. The number of para-hydroxylation sites is 1. The van der Waals surface area contributed by atoms with Crippen LogP contribution in [0.25, 0.3) is 53.8 Å². The van der Waals surface area contributed by atoms with Crippen LogP contribution in [0, 0.1) is 26.2 Å². The Hall–Kier alpha value is -3.71. The van der Waals surface area contributed by atoms with Crippen molar-refractivity contribution < 1.29 is 8.96 Å². The number of aromatic nitrogens is 2. The second kappa shape index (κ2) is 5.21. The maximum absolute atomic E-state index is 15.2. The fourth-order valence-electron chi connectivity index (χ4n) is 4.95. The van der Waals surface area contributed by atoms with Gasteiger partial charge in [-0.2, -0.15) is 0 Å². The van der Waals surface area contributed by atoms with Gasteiger partial charge < -0.3 is 4.40 Å². The molecular weight excluding hydrogens is 361 g/mol. The number of pyridine rings is 2. The third kappa shape index (κ3) is 1.83. The first kappa shape index (κ1) is 16.3. The van der Waals surface area contributed by atoms with Crippen molar-refractivity contribution in [1.82, 2.24) is 4.40 Å². The molecule has 0 amide bonds. The van der Waals surface area contributed by atoms with E-state index in [0.29, 0.717) is 11.2 Å². The highest BCUT2D eigenvalue weighted by Gasteiger charge is 2.25. The second-order valence-electron chi connectivity index (χ2n) is 7.88. The fraction of sp³-hybridized carbons (Fsp3) is 0.120. The SMILES string of the molecule is [C-]#[N+]c1cc2cc[n+](C)c3c4c(C)c(C)cc5c6cccc(F)c6n(c(c1)c23)c54. The van der Waals surface area contributed by atoms with Crippen LogP contribution < -0.4 is 4.57 Å². The molecule has 0 aliphatic rings. The zero-order valence-electron chi connectivity index (χ0n) is 16.3. The van der Waals surface area contributed by atoms with E-state index in [0.717, 1.165) is 43.5 Å². The molecule has 3 aromatic carbocycles. The summed E-state index contributed by atoms with van der Waals surface area (Å²) in [6.07, 6.45) is 2.04. The molecule has 3 nitrogen and oxygen atoms in total. The van der Waals surface area contributed by atoms with Crippen molar-refractivity contribution in [2.24, 2.45) is 7.05 Å². The van der Waals surface area contributed by atoms with Gasteiger partial charge in [-0.25, -0.2) is 13.8 Å². The Balaban J connectivity index is 2.17. The number of halogens is 1. The van der Waals surface area contributed by atoms with Gasteiger partial charge in [-0.05, 0) is 54.6 Å². The van der Waals surface area contributed by atoms with Gasteiger partial charge in [0.25, 0.3) is 0 Å². The van der Waals surface area contributed by atoms with E-state index in [9.17, 15) is 0 Å². The largest absolute Gasteiger partial charge is 0.306 e. The third-order valence-corrected chi connectivity index (χ3v) is 6.35. The molecule has 4 heteroatoms. The number of rotatable bonds is 0. The van der Waals surface area contributed by atoms with E-state index < -0.39 is 0 Å². The Labute approximate surface area is 166 Å². The van der Waals surface area contributed by atoms with Crippen LogP contribution in [0.1, 0.15) is 11.1 Å². The first-order valence-electron chi connectivity index (χ1n) is 9.58. The lowest BCUT2D eigenvalue weighted by atomic mass is 9.96. The van der Waals surface area contributed by atoms with Gasteiger partial charge in [0.1, 0.15) is 12.9 Å². The minimum Gasteiger partial charge on any atom is -0.306 e. The average molecular weight is 378 g/mol. The quantitative estimate of drug-likeness (QED) is 0.131. The second-order valence-corrected chi connectivity index (χ2v) is 7.88. The van der Waals surface area contributed by atoms with Gasteiger partial charge in [-0.15, -0.1) is 0 Å². The van der Waals surface area contributed by atoms with E-state index in [1.54, 1.807) is 6.07 Å². The number of fused-ring (bicyclic) bond motifs is 5. The van der Waals surface area contributed by atoms with Crippen LogP contribution in [-0.4, -0.2) is 4.40 Å². The van der Waals surface area contributed by atoms with Gasteiger partial charge in [0.15, 0.2) is 11.9 Å². The van der Waals surface area contributed by atoms with Crippen molar-refractivity contribution in [3.8, 4) is 0 Å². The van der Waals surface area contributed by atoms with Crippen molar-refractivity contribution in [2.45, 2.75) is 13.8 Å². The minimum absolute atomic E-state index is 0.245. The molecule has 6 aromatic rings. The zero-order chi connectivity index (χ0) is 20.0. The highest BCUT2D eigenvalue weighted by molar-refractivity contribution is 6.26. The van der Waals surface area contributed by atoms with Gasteiger partial charge in [-0.1, -0.05) is 12.1 Å². The summed E-state index contributed by atoms with van der Waals surface area (Å²) in [7, 11) is 2.05. The molecule has 0 aliphatic carbocycles.